The van der Waals surface area contributed by atoms with Crippen LogP contribution in [0.1, 0.15) is 44.6 Å². The zero-order valence-electron chi connectivity index (χ0n) is 25.7. The molecule has 44 heavy (non-hydrogen) atoms. The Bertz CT molecular complexity index is 1510. The molecule has 3 aromatic rings. The number of hydrogen-bond donors (Lipinski definition) is 1. The smallest absolute Gasteiger partial charge is 0.264 e. The first-order chi connectivity index (χ1) is 21.2. The van der Waals surface area contributed by atoms with Crippen molar-refractivity contribution in [3.05, 3.63) is 78.4 Å². The van der Waals surface area contributed by atoms with Crippen molar-refractivity contribution in [2.75, 3.05) is 32.2 Å². The molecular weight excluding hydrogens is 582 g/mol. The molecule has 0 saturated heterocycles. The van der Waals surface area contributed by atoms with E-state index in [1.54, 1.807) is 62.6 Å². The second-order valence-electron chi connectivity index (χ2n) is 10.7. The van der Waals surface area contributed by atoms with E-state index in [1.165, 1.54) is 31.3 Å². The molecule has 4 rings (SSSR count). The summed E-state index contributed by atoms with van der Waals surface area (Å²) in [6.07, 6.45) is 5.03. The third kappa shape index (κ3) is 7.82. The molecule has 0 bridgehead atoms. The molecule has 0 heterocycles. The van der Waals surface area contributed by atoms with Gasteiger partial charge in [0.1, 0.15) is 29.8 Å². The molecule has 236 valence electrons. The summed E-state index contributed by atoms with van der Waals surface area (Å²) >= 11 is 0. The summed E-state index contributed by atoms with van der Waals surface area (Å²) in [5.74, 6) is 0.605. The van der Waals surface area contributed by atoms with E-state index in [-0.39, 0.29) is 34.8 Å². The molecule has 1 aliphatic carbocycles. The van der Waals surface area contributed by atoms with Gasteiger partial charge in [-0.15, -0.1) is 0 Å². The van der Waals surface area contributed by atoms with Crippen LogP contribution in [0.3, 0.4) is 0 Å². The average molecular weight is 624 g/mol. The van der Waals surface area contributed by atoms with Gasteiger partial charge in [0, 0.05) is 12.6 Å². The van der Waals surface area contributed by atoms with Crippen LogP contribution in [0.15, 0.2) is 77.7 Å². The van der Waals surface area contributed by atoms with E-state index in [0.29, 0.717) is 11.5 Å². The number of para-hydroxylation sites is 2. The Morgan fingerprint density at radius 1 is 0.841 bits per heavy atom. The number of amides is 2. The zero-order chi connectivity index (χ0) is 31.7. The van der Waals surface area contributed by atoms with Crippen molar-refractivity contribution in [3.8, 4) is 17.2 Å². The summed E-state index contributed by atoms with van der Waals surface area (Å²) in [6.45, 7) is 1.20. The minimum absolute atomic E-state index is 0.0261. The molecule has 0 aromatic heterocycles. The van der Waals surface area contributed by atoms with Crippen molar-refractivity contribution in [3.63, 3.8) is 0 Å². The highest BCUT2D eigenvalue weighted by Crippen LogP contribution is 2.33. The Labute approximate surface area is 260 Å². The fourth-order valence-electron chi connectivity index (χ4n) is 5.30. The molecule has 1 aliphatic rings. The minimum atomic E-state index is -4.26. The number of anilines is 1. The predicted molar refractivity (Wildman–Crippen MR) is 169 cm³/mol. The van der Waals surface area contributed by atoms with Crippen molar-refractivity contribution in [1.82, 2.24) is 10.2 Å². The molecule has 3 aromatic carbocycles. The molecule has 0 spiro atoms. The number of carbonyl (C=O) groups excluding carboxylic acids is 2. The highest BCUT2D eigenvalue weighted by molar-refractivity contribution is 7.92. The molecule has 2 amide bonds. The van der Waals surface area contributed by atoms with Crippen LogP contribution in [-0.2, 0) is 26.2 Å². The summed E-state index contributed by atoms with van der Waals surface area (Å²) in [7, 11) is 0.239. The molecule has 1 fully saturated rings. The molecule has 1 atom stereocenters. The lowest BCUT2D eigenvalue weighted by Crippen LogP contribution is -2.53. The van der Waals surface area contributed by atoms with Crippen LogP contribution in [0.2, 0.25) is 0 Å². The molecule has 1 unspecified atom stereocenters. The first-order valence-electron chi connectivity index (χ1n) is 14.7. The van der Waals surface area contributed by atoms with E-state index < -0.39 is 28.5 Å². The van der Waals surface area contributed by atoms with Gasteiger partial charge in [-0.25, -0.2) is 8.42 Å². The number of nitrogens with zero attached hydrogens (tertiary/aromatic N) is 2. The van der Waals surface area contributed by atoms with Gasteiger partial charge < -0.3 is 24.4 Å². The predicted octanol–water partition coefficient (Wildman–Crippen LogP) is 4.77. The quantitative estimate of drug-likeness (QED) is 0.292. The van der Waals surface area contributed by atoms with Gasteiger partial charge in [0.25, 0.3) is 10.0 Å². The maximum Gasteiger partial charge on any atom is 0.264 e. The second-order valence-corrected chi connectivity index (χ2v) is 12.6. The van der Waals surface area contributed by atoms with Crippen molar-refractivity contribution in [2.24, 2.45) is 0 Å². The molecule has 0 radical (unpaired) electrons. The molecule has 1 N–H and O–H groups in total. The number of nitrogens with one attached hydrogen (secondary N) is 1. The summed E-state index contributed by atoms with van der Waals surface area (Å²) in [5, 5.41) is 3.11. The highest BCUT2D eigenvalue weighted by Gasteiger charge is 2.34. The number of rotatable bonds is 13. The molecular formula is C33H41N3O7S. The number of ether oxygens (including phenoxy) is 3. The lowest BCUT2D eigenvalue weighted by molar-refractivity contribution is -0.139. The van der Waals surface area contributed by atoms with Crippen LogP contribution in [0.5, 0.6) is 17.2 Å². The molecule has 1 saturated carbocycles. The zero-order valence-corrected chi connectivity index (χ0v) is 26.5. The van der Waals surface area contributed by atoms with Crippen LogP contribution in [0.4, 0.5) is 5.69 Å². The van der Waals surface area contributed by atoms with Gasteiger partial charge in [0.15, 0.2) is 0 Å². The van der Waals surface area contributed by atoms with Crippen molar-refractivity contribution in [2.45, 2.75) is 62.6 Å². The SMILES string of the molecule is COc1ccc(CN(C(=O)CN(c2ccccc2OC)S(=O)(=O)c2ccc(OC)cc2)C(C)C(=O)NC2CCCCC2)cc1. The number of benzene rings is 3. The van der Waals surface area contributed by atoms with Crippen LogP contribution < -0.4 is 23.8 Å². The van der Waals surface area contributed by atoms with Crippen LogP contribution >= 0.6 is 0 Å². The fourth-order valence-corrected chi connectivity index (χ4v) is 6.73. The lowest BCUT2D eigenvalue weighted by Gasteiger charge is -2.33. The third-order valence-electron chi connectivity index (χ3n) is 7.91. The van der Waals surface area contributed by atoms with E-state index in [0.717, 1.165) is 42.0 Å². The highest BCUT2D eigenvalue weighted by atomic mass is 32.2. The van der Waals surface area contributed by atoms with E-state index in [9.17, 15) is 18.0 Å². The largest absolute Gasteiger partial charge is 0.497 e. The maximum atomic E-state index is 14.2. The number of sulfonamides is 1. The first kappa shape index (κ1) is 32.7. The van der Waals surface area contributed by atoms with Gasteiger partial charge in [0.05, 0.1) is 31.9 Å². The number of hydrogen-bond acceptors (Lipinski definition) is 7. The van der Waals surface area contributed by atoms with Crippen LogP contribution in [-0.4, -0.2) is 65.1 Å². The summed E-state index contributed by atoms with van der Waals surface area (Å²) < 4.78 is 45.2. The molecule has 10 nitrogen and oxygen atoms in total. The summed E-state index contributed by atoms with van der Waals surface area (Å²) in [6, 6.07) is 18.9. The Hall–Kier alpha value is -4.25. The van der Waals surface area contributed by atoms with Crippen molar-refractivity contribution < 1.29 is 32.2 Å². The fraction of sp³-hybridized carbons (Fsp3) is 0.394. The normalized spacial score (nSPS) is 14.3. The topological polar surface area (TPSA) is 114 Å². The molecule has 0 aliphatic heterocycles. The lowest BCUT2D eigenvalue weighted by atomic mass is 9.95. The molecule has 11 heteroatoms. The van der Waals surface area contributed by atoms with E-state index >= 15 is 0 Å². The van der Waals surface area contributed by atoms with Gasteiger partial charge in [-0.3, -0.25) is 13.9 Å². The Morgan fingerprint density at radius 3 is 2.02 bits per heavy atom. The Balaban J connectivity index is 1.70. The minimum Gasteiger partial charge on any atom is -0.497 e. The Kier molecular flexibility index (Phi) is 11.1. The van der Waals surface area contributed by atoms with Crippen molar-refractivity contribution >= 4 is 27.5 Å². The summed E-state index contributed by atoms with van der Waals surface area (Å²) in [5.41, 5.74) is 0.959. The average Bonchev–Trinajstić information content (AvgIpc) is 3.06. The number of carbonyl (C=O) groups is 2. The van der Waals surface area contributed by atoms with Crippen LogP contribution in [0, 0.1) is 0 Å². The van der Waals surface area contributed by atoms with E-state index in [4.69, 9.17) is 14.2 Å². The van der Waals surface area contributed by atoms with E-state index in [1.807, 2.05) is 12.1 Å². The summed E-state index contributed by atoms with van der Waals surface area (Å²) in [4.78, 5) is 29.1. The van der Waals surface area contributed by atoms with Gasteiger partial charge in [-0.05, 0) is 73.9 Å². The van der Waals surface area contributed by atoms with Gasteiger partial charge in [0.2, 0.25) is 11.8 Å². The van der Waals surface area contributed by atoms with E-state index in [2.05, 4.69) is 5.32 Å². The standard InChI is InChI=1S/C33H41N3O7S/c1-24(33(38)34-26-10-6-5-7-11-26)35(22-25-14-16-27(41-2)17-15-25)32(37)23-36(30-12-8-9-13-31(30)43-4)44(39,40)29-20-18-28(42-3)19-21-29/h8-9,12-21,24,26H,5-7,10-11,22-23H2,1-4H3,(H,34,38). The maximum absolute atomic E-state index is 14.2. The van der Waals surface area contributed by atoms with Gasteiger partial charge in [-0.1, -0.05) is 43.5 Å². The number of methoxy groups -OCH3 is 3. The second kappa shape index (κ2) is 15.0. The monoisotopic (exact) mass is 623 g/mol. The van der Waals surface area contributed by atoms with Crippen LogP contribution in [0.25, 0.3) is 0 Å². The van der Waals surface area contributed by atoms with Gasteiger partial charge in [-0.2, -0.15) is 0 Å². The van der Waals surface area contributed by atoms with Crippen molar-refractivity contribution in [1.29, 1.82) is 0 Å². The Morgan fingerprint density at radius 2 is 1.43 bits per heavy atom. The van der Waals surface area contributed by atoms with Gasteiger partial charge >= 0.3 is 0 Å². The third-order valence-corrected chi connectivity index (χ3v) is 9.68. The first-order valence-corrected chi connectivity index (χ1v) is 16.1.